The summed E-state index contributed by atoms with van der Waals surface area (Å²) >= 11 is 0. The van der Waals surface area contributed by atoms with Crippen LogP contribution >= 0.6 is 0 Å². The molecular formula is C13H29N3O. The first-order valence-corrected chi connectivity index (χ1v) is 6.77. The number of amides is 1. The third-order valence-electron chi connectivity index (χ3n) is 2.82. The van der Waals surface area contributed by atoms with Crippen LogP contribution in [0.15, 0.2) is 0 Å². The van der Waals surface area contributed by atoms with Gasteiger partial charge in [-0.2, -0.15) is 0 Å². The normalized spacial score (nSPS) is 13.1. The second-order valence-corrected chi connectivity index (χ2v) is 4.72. The number of rotatable bonds is 9. The number of nitrogens with zero attached hydrogens (tertiary/aromatic N) is 1. The van der Waals surface area contributed by atoms with Gasteiger partial charge in [0.05, 0.1) is 6.04 Å². The molecule has 0 heterocycles. The minimum Gasteiger partial charge on any atom is -0.353 e. The van der Waals surface area contributed by atoms with Crippen molar-refractivity contribution in [3.05, 3.63) is 0 Å². The predicted octanol–water partition coefficient (Wildman–Crippen LogP) is 1.22. The summed E-state index contributed by atoms with van der Waals surface area (Å²) in [5, 5.41) is 6.16. The highest BCUT2D eigenvalue weighted by Crippen LogP contribution is 1.91. The van der Waals surface area contributed by atoms with Crippen molar-refractivity contribution in [1.29, 1.82) is 0 Å². The van der Waals surface area contributed by atoms with E-state index in [1.807, 2.05) is 20.8 Å². The van der Waals surface area contributed by atoms with Crippen molar-refractivity contribution >= 4 is 5.91 Å². The molecule has 0 radical (unpaired) electrons. The monoisotopic (exact) mass is 243 g/mol. The van der Waals surface area contributed by atoms with E-state index in [1.54, 1.807) is 0 Å². The largest absolute Gasteiger partial charge is 0.353 e. The molecule has 0 bridgehead atoms. The van der Waals surface area contributed by atoms with Crippen molar-refractivity contribution in [3.8, 4) is 0 Å². The highest BCUT2D eigenvalue weighted by atomic mass is 16.2. The van der Waals surface area contributed by atoms with Gasteiger partial charge in [-0.15, -0.1) is 0 Å². The van der Waals surface area contributed by atoms with Crippen LogP contribution < -0.4 is 10.6 Å². The summed E-state index contributed by atoms with van der Waals surface area (Å²) in [5.74, 6) is 0.0860. The van der Waals surface area contributed by atoms with E-state index in [0.717, 1.165) is 32.6 Å². The Bertz CT molecular complexity index is 203. The van der Waals surface area contributed by atoms with Crippen LogP contribution in [0.25, 0.3) is 0 Å². The summed E-state index contributed by atoms with van der Waals surface area (Å²) in [5.41, 5.74) is 0. The molecule has 1 unspecified atom stereocenters. The van der Waals surface area contributed by atoms with Crippen LogP contribution in [0.3, 0.4) is 0 Å². The van der Waals surface area contributed by atoms with Crippen LogP contribution in [-0.2, 0) is 4.79 Å². The average Bonchev–Trinajstić information content (AvgIpc) is 2.28. The number of carbonyl (C=O) groups excluding carboxylic acids is 1. The van der Waals surface area contributed by atoms with E-state index in [0.29, 0.717) is 0 Å². The fourth-order valence-electron chi connectivity index (χ4n) is 1.66. The minimum absolute atomic E-state index is 0.0860. The molecule has 0 aliphatic rings. The van der Waals surface area contributed by atoms with E-state index in [2.05, 4.69) is 29.4 Å². The Morgan fingerprint density at radius 3 is 2.24 bits per heavy atom. The summed E-state index contributed by atoms with van der Waals surface area (Å²) in [6.07, 6.45) is 1.08. The molecule has 0 spiro atoms. The van der Waals surface area contributed by atoms with Crippen LogP contribution in [0.5, 0.6) is 0 Å². The summed E-state index contributed by atoms with van der Waals surface area (Å²) in [6.45, 7) is 14.4. The van der Waals surface area contributed by atoms with Gasteiger partial charge in [-0.25, -0.2) is 0 Å². The van der Waals surface area contributed by atoms with Crippen LogP contribution in [0, 0.1) is 0 Å². The Labute approximate surface area is 106 Å². The third kappa shape index (κ3) is 8.16. The van der Waals surface area contributed by atoms with Crippen LogP contribution in [0.2, 0.25) is 0 Å². The van der Waals surface area contributed by atoms with Crippen molar-refractivity contribution in [2.45, 2.75) is 53.1 Å². The maximum absolute atomic E-state index is 11.6. The number of nitrogens with one attached hydrogen (secondary N) is 2. The van der Waals surface area contributed by atoms with Gasteiger partial charge >= 0.3 is 0 Å². The maximum Gasteiger partial charge on any atom is 0.237 e. The Morgan fingerprint density at radius 1 is 1.18 bits per heavy atom. The first-order chi connectivity index (χ1) is 8.01. The van der Waals surface area contributed by atoms with E-state index in [1.165, 1.54) is 0 Å². The standard InChI is InChI=1S/C13H29N3O/c1-6-16(7-2)10-8-9-14-12(5)13(17)15-11(3)4/h11-12,14H,6-10H2,1-5H3,(H,15,17). The van der Waals surface area contributed by atoms with E-state index in [4.69, 9.17) is 0 Å². The zero-order chi connectivity index (χ0) is 13.3. The maximum atomic E-state index is 11.6. The van der Waals surface area contributed by atoms with Crippen LogP contribution in [0.1, 0.15) is 41.0 Å². The summed E-state index contributed by atoms with van der Waals surface area (Å²) in [6, 6.07) is 0.108. The van der Waals surface area contributed by atoms with Crippen LogP contribution in [0.4, 0.5) is 0 Å². The van der Waals surface area contributed by atoms with Gasteiger partial charge in [-0.1, -0.05) is 13.8 Å². The predicted molar refractivity (Wildman–Crippen MR) is 73.1 cm³/mol. The minimum atomic E-state index is -0.103. The van der Waals surface area contributed by atoms with Gasteiger partial charge in [0, 0.05) is 6.04 Å². The summed E-state index contributed by atoms with van der Waals surface area (Å²) in [4.78, 5) is 14.0. The fraction of sp³-hybridized carbons (Fsp3) is 0.923. The van der Waals surface area contributed by atoms with Gasteiger partial charge in [0.2, 0.25) is 5.91 Å². The lowest BCUT2D eigenvalue weighted by Gasteiger charge is -2.19. The molecule has 2 N–H and O–H groups in total. The highest BCUT2D eigenvalue weighted by Gasteiger charge is 2.12. The molecule has 0 rings (SSSR count). The molecule has 17 heavy (non-hydrogen) atoms. The molecule has 0 aromatic rings. The lowest BCUT2D eigenvalue weighted by Crippen LogP contribution is -2.45. The number of hydrogen-bond acceptors (Lipinski definition) is 3. The Balaban J connectivity index is 3.63. The van der Waals surface area contributed by atoms with Crippen molar-refractivity contribution in [2.24, 2.45) is 0 Å². The van der Waals surface area contributed by atoms with Crippen molar-refractivity contribution in [2.75, 3.05) is 26.2 Å². The van der Waals surface area contributed by atoms with Gasteiger partial charge in [-0.3, -0.25) is 4.79 Å². The van der Waals surface area contributed by atoms with Gasteiger partial charge in [0.1, 0.15) is 0 Å². The topological polar surface area (TPSA) is 44.4 Å². The van der Waals surface area contributed by atoms with E-state index in [-0.39, 0.29) is 18.0 Å². The quantitative estimate of drug-likeness (QED) is 0.599. The molecule has 4 nitrogen and oxygen atoms in total. The molecule has 0 aromatic heterocycles. The van der Waals surface area contributed by atoms with Gasteiger partial charge in [0.15, 0.2) is 0 Å². The molecule has 1 amide bonds. The third-order valence-corrected chi connectivity index (χ3v) is 2.82. The lowest BCUT2D eigenvalue weighted by molar-refractivity contribution is -0.123. The molecule has 4 heteroatoms. The van der Waals surface area contributed by atoms with E-state index < -0.39 is 0 Å². The Morgan fingerprint density at radius 2 is 1.76 bits per heavy atom. The van der Waals surface area contributed by atoms with Gasteiger partial charge in [-0.05, 0) is 53.4 Å². The molecule has 0 saturated carbocycles. The zero-order valence-electron chi connectivity index (χ0n) is 12.0. The van der Waals surface area contributed by atoms with Crippen LogP contribution in [-0.4, -0.2) is 49.1 Å². The summed E-state index contributed by atoms with van der Waals surface area (Å²) < 4.78 is 0. The first-order valence-electron chi connectivity index (χ1n) is 6.77. The van der Waals surface area contributed by atoms with Gasteiger partial charge in [0.25, 0.3) is 0 Å². The molecule has 0 fully saturated rings. The van der Waals surface area contributed by atoms with Crippen molar-refractivity contribution < 1.29 is 4.79 Å². The lowest BCUT2D eigenvalue weighted by atomic mass is 10.2. The highest BCUT2D eigenvalue weighted by molar-refractivity contribution is 5.81. The van der Waals surface area contributed by atoms with Gasteiger partial charge < -0.3 is 15.5 Å². The zero-order valence-corrected chi connectivity index (χ0v) is 12.0. The Kier molecular flexibility index (Phi) is 9.09. The second kappa shape index (κ2) is 9.42. The fourth-order valence-corrected chi connectivity index (χ4v) is 1.66. The van der Waals surface area contributed by atoms with Crippen molar-refractivity contribution in [3.63, 3.8) is 0 Å². The number of hydrogen-bond donors (Lipinski definition) is 2. The molecule has 0 aliphatic carbocycles. The average molecular weight is 243 g/mol. The number of carbonyl (C=O) groups is 1. The SMILES string of the molecule is CCN(CC)CCCNC(C)C(=O)NC(C)C. The summed E-state index contributed by atoms with van der Waals surface area (Å²) in [7, 11) is 0. The second-order valence-electron chi connectivity index (χ2n) is 4.72. The van der Waals surface area contributed by atoms with E-state index in [9.17, 15) is 4.79 Å². The molecule has 1 atom stereocenters. The van der Waals surface area contributed by atoms with Crippen molar-refractivity contribution in [1.82, 2.24) is 15.5 Å². The smallest absolute Gasteiger partial charge is 0.237 e. The Hall–Kier alpha value is -0.610. The molecule has 0 saturated heterocycles. The molecule has 0 aliphatic heterocycles. The molecule has 0 aromatic carbocycles. The molecular weight excluding hydrogens is 214 g/mol. The first kappa shape index (κ1) is 16.4. The van der Waals surface area contributed by atoms with E-state index >= 15 is 0 Å². The molecule has 102 valence electrons.